The van der Waals surface area contributed by atoms with Crippen molar-refractivity contribution in [2.24, 2.45) is 10.8 Å². The lowest BCUT2D eigenvalue weighted by Crippen LogP contribution is -2.36. The second-order valence-electron chi connectivity index (χ2n) is 6.40. The summed E-state index contributed by atoms with van der Waals surface area (Å²) in [4.78, 5) is 12.0. The van der Waals surface area contributed by atoms with Gasteiger partial charge in [-0.15, -0.1) is 0 Å². The zero-order valence-corrected chi connectivity index (χ0v) is 12.8. The lowest BCUT2D eigenvalue weighted by atomic mass is 9.79. The standard InChI is InChI=1S/C15H28O6/c1-2-14(9-16,10-17)11-21-13(20)8-15(7-12(18)19)5-3-4-6-15/h12,16-19H,2-11H2,1H3. The quantitative estimate of drug-likeness (QED) is 0.366. The second-order valence-corrected chi connectivity index (χ2v) is 6.40. The first kappa shape index (κ1) is 18.4. The summed E-state index contributed by atoms with van der Waals surface area (Å²) >= 11 is 0. The van der Waals surface area contributed by atoms with E-state index in [0.717, 1.165) is 25.7 Å². The van der Waals surface area contributed by atoms with E-state index in [9.17, 15) is 25.2 Å². The summed E-state index contributed by atoms with van der Waals surface area (Å²) in [5, 5.41) is 37.1. The Morgan fingerprint density at radius 1 is 1.24 bits per heavy atom. The van der Waals surface area contributed by atoms with Crippen LogP contribution in [-0.4, -0.2) is 52.5 Å². The van der Waals surface area contributed by atoms with Gasteiger partial charge in [0.25, 0.3) is 0 Å². The highest BCUT2D eigenvalue weighted by Crippen LogP contribution is 2.45. The fourth-order valence-corrected chi connectivity index (χ4v) is 3.02. The Kier molecular flexibility index (Phi) is 7.06. The van der Waals surface area contributed by atoms with Crippen LogP contribution in [-0.2, 0) is 9.53 Å². The molecule has 1 aliphatic rings. The molecule has 0 amide bonds. The molecule has 4 N–H and O–H groups in total. The molecule has 0 aromatic heterocycles. The lowest BCUT2D eigenvalue weighted by Gasteiger charge is -2.31. The van der Waals surface area contributed by atoms with Crippen LogP contribution in [0.3, 0.4) is 0 Å². The van der Waals surface area contributed by atoms with Gasteiger partial charge < -0.3 is 25.2 Å². The van der Waals surface area contributed by atoms with E-state index in [4.69, 9.17) is 4.74 Å². The Balaban J connectivity index is 2.55. The molecule has 21 heavy (non-hydrogen) atoms. The SMILES string of the molecule is CCC(CO)(CO)COC(=O)CC1(CC(O)O)CCCC1. The maximum atomic E-state index is 12.0. The summed E-state index contributed by atoms with van der Waals surface area (Å²) in [7, 11) is 0. The van der Waals surface area contributed by atoms with Crippen LogP contribution >= 0.6 is 0 Å². The van der Waals surface area contributed by atoms with Crippen molar-refractivity contribution in [3.05, 3.63) is 0 Å². The van der Waals surface area contributed by atoms with Crippen LogP contribution in [0.1, 0.15) is 51.9 Å². The molecule has 0 radical (unpaired) electrons. The third kappa shape index (κ3) is 5.21. The average Bonchev–Trinajstić information content (AvgIpc) is 2.88. The third-order valence-corrected chi connectivity index (χ3v) is 4.76. The van der Waals surface area contributed by atoms with Crippen LogP contribution in [0.25, 0.3) is 0 Å². The van der Waals surface area contributed by atoms with Crippen LogP contribution in [0.4, 0.5) is 0 Å². The van der Waals surface area contributed by atoms with Crippen molar-refractivity contribution < 1.29 is 30.0 Å². The van der Waals surface area contributed by atoms with Crippen molar-refractivity contribution in [3.63, 3.8) is 0 Å². The number of hydrogen-bond acceptors (Lipinski definition) is 6. The van der Waals surface area contributed by atoms with Gasteiger partial charge in [-0.05, 0) is 24.7 Å². The highest BCUT2D eigenvalue weighted by molar-refractivity contribution is 5.70. The van der Waals surface area contributed by atoms with Gasteiger partial charge in [0.15, 0.2) is 6.29 Å². The van der Waals surface area contributed by atoms with Crippen molar-refractivity contribution in [1.82, 2.24) is 0 Å². The van der Waals surface area contributed by atoms with Crippen LogP contribution in [0, 0.1) is 10.8 Å². The van der Waals surface area contributed by atoms with Crippen molar-refractivity contribution in [2.75, 3.05) is 19.8 Å². The first-order valence-corrected chi connectivity index (χ1v) is 7.64. The first-order valence-electron chi connectivity index (χ1n) is 7.64. The molecule has 0 bridgehead atoms. The van der Waals surface area contributed by atoms with Crippen LogP contribution in [0.5, 0.6) is 0 Å². The molecule has 1 fully saturated rings. The molecule has 0 aliphatic heterocycles. The number of aliphatic hydroxyl groups is 4. The zero-order chi connectivity index (χ0) is 15.9. The maximum Gasteiger partial charge on any atom is 0.306 e. The van der Waals surface area contributed by atoms with Gasteiger partial charge in [0.05, 0.1) is 25.0 Å². The van der Waals surface area contributed by atoms with E-state index in [-0.39, 0.29) is 32.7 Å². The van der Waals surface area contributed by atoms with Crippen molar-refractivity contribution in [2.45, 2.75) is 58.2 Å². The first-order chi connectivity index (χ1) is 9.91. The molecular formula is C15H28O6. The lowest BCUT2D eigenvalue weighted by molar-refractivity contribution is -0.154. The minimum Gasteiger partial charge on any atom is -0.465 e. The van der Waals surface area contributed by atoms with E-state index in [1.807, 2.05) is 6.92 Å². The van der Waals surface area contributed by atoms with Gasteiger partial charge in [-0.25, -0.2) is 0 Å². The van der Waals surface area contributed by atoms with E-state index in [0.29, 0.717) is 6.42 Å². The molecular weight excluding hydrogens is 276 g/mol. The molecule has 6 nitrogen and oxygen atoms in total. The van der Waals surface area contributed by atoms with Gasteiger partial charge in [0.1, 0.15) is 6.61 Å². The molecule has 124 valence electrons. The van der Waals surface area contributed by atoms with Gasteiger partial charge >= 0.3 is 5.97 Å². The van der Waals surface area contributed by atoms with Gasteiger partial charge in [-0.2, -0.15) is 0 Å². The van der Waals surface area contributed by atoms with Crippen LogP contribution in [0.15, 0.2) is 0 Å². The molecule has 0 saturated heterocycles. The Bertz CT molecular complexity index is 310. The molecule has 0 aromatic carbocycles. The largest absolute Gasteiger partial charge is 0.465 e. The number of hydrogen-bond donors (Lipinski definition) is 4. The molecule has 0 spiro atoms. The maximum absolute atomic E-state index is 12.0. The highest BCUT2D eigenvalue weighted by Gasteiger charge is 2.38. The van der Waals surface area contributed by atoms with Crippen molar-refractivity contribution >= 4 is 5.97 Å². The number of ether oxygens (including phenoxy) is 1. The van der Waals surface area contributed by atoms with Crippen molar-refractivity contribution in [1.29, 1.82) is 0 Å². The molecule has 6 heteroatoms. The summed E-state index contributed by atoms with van der Waals surface area (Å²) in [6, 6.07) is 0. The minimum atomic E-state index is -1.42. The monoisotopic (exact) mass is 304 g/mol. The Morgan fingerprint density at radius 2 is 1.81 bits per heavy atom. The molecule has 1 rings (SSSR count). The molecule has 0 heterocycles. The summed E-state index contributed by atoms with van der Waals surface area (Å²) in [5.41, 5.74) is -1.19. The topological polar surface area (TPSA) is 107 Å². The van der Waals surface area contributed by atoms with Gasteiger partial charge in [-0.3, -0.25) is 4.79 Å². The third-order valence-electron chi connectivity index (χ3n) is 4.76. The van der Waals surface area contributed by atoms with Gasteiger partial charge in [-0.1, -0.05) is 19.8 Å². The minimum absolute atomic E-state index is 0.0207. The number of carbonyl (C=O) groups is 1. The van der Waals surface area contributed by atoms with E-state index in [1.54, 1.807) is 0 Å². The molecule has 1 saturated carbocycles. The number of aliphatic hydroxyl groups excluding tert-OH is 3. The van der Waals surface area contributed by atoms with Gasteiger partial charge in [0.2, 0.25) is 0 Å². The number of carbonyl (C=O) groups excluding carboxylic acids is 1. The number of rotatable bonds is 9. The molecule has 0 aromatic rings. The van der Waals surface area contributed by atoms with Crippen LogP contribution in [0.2, 0.25) is 0 Å². The summed E-state index contributed by atoms with van der Waals surface area (Å²) in [6.07, 6.45) is 2.96. The average molecular weight is 304 g/mol. The fourth-order valence-electron chi connectivity index (χ4n) is 3.02. The molecule has 0 unspecified atom stereocenters. The van der Waals surface area contributed by atoms with Crippen molar-refractivity contribution in [3.8, 4) is 0 Å². The van der Waals surface area contributed by atoms with Gasteiger partial charge in [0, 0.05) is 6.42 Å². The van der Waals surface area contributed by atoms with E-state index < -0.39 is 23.1 Å². The smallest absolute Gasteiger partial charge is 0.306 e. The Morgan fingerprint density at radius 3 is 2.24 bits per heavy atom. The summed E-state index contributed by atoms with van der Waals surface area (Å²) in [6.45, 7) is 1.31. The highest BCUT2D eigenvalue weighted by atomic mass is 16.5. The number of esters is 1. The van der Waals surface area contributed by atoms with Crippen LogP contribution < -0.4 is 0 Å². The normalized spacial score (nSPS) is 18.2. The molecule has 1 aliphatic carbocycles. The molecule has 0 atom stereocenters. The summed E-state index contributed by atoms with van der Waals surface area (Å²) in [5.74, 6) is -0.405. The Labute approximate surface area is 125 Å². The zero-order valence-electron chi connectivity index (χ0n) is 12.8. The predicted octanol–water partition coefficient (Wildman–Crippen LogP) is 0.562. The Hall–Kier alpha value is -0.690. The summed E-state index contributed by atoms with van der Waals surface area (Å²) < 4.78 is 5.23. The second kappa shape index (κ2) is 8.08. The van der Waals surface area contributed by atoms with E-state index >= 15 is 0 Å². The van der Waals surface area contributed by atoms with E-state index in [2.05, 4.69) is 0 Å². The van der Waals surface area contributed by atoms with E-state index in [1.165, 1.54) is 0 Å². The fraction of sp³-hybridized carbons (Fsp3) is 0.933. The predicted molar refractivity (Wildman–Crippen MR) is 76.2 cm³/mol.